The summed E-state index contributed by atoms with van der Waals surface area (Å²) < 4.78 is 25.7. The predicted molar refractivity (Wildman–Crippen MR) is 96.0 cm³/mol. The van der Waals surface area contributed by atoms with Crippen LogP contribution < -0.4 is 5.32 Å². The first kappa shape index (κ1) is 18.6. The van der Waals surface area contributed by atoms with Crippen LogP contribution >= 0.6 is 0 Å². The number of sulfonamides is 1. The number of carbonyl (C=O) groups is 2. The van der Waals surface area contributed by atoms with E-state index < -0.39 is 27.8 Å². The van der Waals surface area contributed by atoms with E-state index in [-0.39, 0.29) is 22.6 Å². The van der Waals surface area contributed by atoms with Crippen molar-refractivity contribution in [3.8, 4) is 0 Å². The Hall–Kier alpha value is -2.19. The Labute approximate surface area is 152 Å². The summed E-state index contributed by atoms with van der Waals surface area (Å²) in [5.74, 6) is -2.93. The highest BCUT2D eigenvalue weighted by Crippen LogP contribution is 2.48. The minimum absolute atomic E-state index is 0.0750. The molecule has 26 heavy (non-hydrogen) atoms. The second-order valence-electron chi connectivity index (χ2n) is 7.09. The molecule has 1 aromatic rings. The predicted octanol–water partition coefficient (Wildman–Crippen LogP) is 1.71. The molecular formula is C18H22N2O5S. The van der Waals surface area contributed by atoms with E-state index in [1.165, 1.54) is 26.2 Å². The van der Waals surface area contributed by atoms with E-state index in [2.05, 4.69) is 5.32 Å². The van der Waals surface area contributed by atoms with E-state index in [1.54, 1.807) is 13.0 Å². The minimum atomic E-state index is -3.63. The van der Waals surface area contributed by atoms with Crippen molar-refractivity contribution in [2.75, 3.05) is 19.4 Å². The normalized spacial score (nSPS) is 27.1. The maximum atomic E-state index is 12.8. The number of allylic oxidation sites excluding steroid dienone is 2. The van der Waals surface area contributed by atoms with E-state index in [1.807, 2.05) is 12.2 Å². The summed E-state index contributed by atoms with van der Waals surface area (Å²) in [5.41, 5.74) is 1.09. The molecule has 0 unspecified atom stereocenters. The molecule has 1 amide bonds. The molecule has 7 nitrogen and oxygen atoms in total. The van der Waals surface area contributed by atoms with Crippen LogP contribution in [0.3, 0.4) is 0 Å². The number of carbonyl (C=O) groups excluding carboxylic acids is 1. The summed E-state index contributed by atoms with van der Waals surface area (Å²) >= 11 is 0. The number of fused-ring (bicyclic) bond motifs is 2. The van der Waals surface area contributed by atoms with Gasteiger partial charge in [-0.25, -0.2) is 12.7 Å². The number of anilines is 1. The molecule has 0 aliphatic heterocycles. The Morgan fingerprint density at radius 2 is 1.77 bits per heavy atom. The zero-order valence-corrected chi connectivity index (χ0v) is 15.7. The van der Waals surface area contributed by atoms with Gasteiger partial charge in [0.1, 0.15) is 0 Å². The van der Waals surface area contributed by atoms with Crippen LogP contribution in [-0.2, 0) is 19.6 Å². The molecule has 2 N–H and O–H groups in total. The number of amides is 1. The maximum Gasteiger partial charge on any atom is 0.307 e. The molecule has 2 aliphatic rings. The second kappa shape index (κ2) is 6.51. The zero-order valence-electron chi connectivity index (χ0n) is 14.8. The molecule has 0 saturated heterocycles. The van der Waals surface area contributed by atoms with Gasteiger partial charge in [0.15, 0.2) is 0 Å². The molecule has 1 aromatic carbocycles. The number of aryl methyl sites for hydroxylation is 1. The van der Waals surface area contributed by atoms with Crippen LogP contribution in [0.1, 0.15) is 12.0 Å². The zero-order chi connectivity index (χ0) is 19.2. The van der Waals surface area contributed by atoms with Gasteiger partial charge in [0.05, 0.1) is 16.7 Å². The van der Waals surface area contributed by atoms with Crippen molar-refractivity contribution in [3.63, 3.8) is 0 Å². The van der Waals surface area contributed by atoms with Crippen molar-refractivity contribution in [2.24, 2.45) is 23.7 Å². The summed E-state index contributed by atoms with van der Waals surface area (Å²) in [5, 5.41) is 12.2. The van der Waals surface area contributed by atoms with Gasteiger partial charge in [0.25, 0.3) is 0 Å². The monoisotopic (exact) mass is 378 g/mol. The summed E-state index contributed by atoms with van der Waals surface area (Å²) in [4.78, 5) is 24.5. The standard InChI is InChI=1S/C18H22N2O5S/c1-10-4-7-13(26(24,25)20(2)3)9-14(10)19-17(21)15-11-5-6-12(8-11)16(15)18(22)23/h4-7,9,11-12,15-16H,8H2,1-3H3,(H,19,21)(H,22,23)/t11-,12-,15-,16-/m0/s1. The molecule has 0 spiro atoms. The molecule has 0 heterocycles. The van der Waals surface area contributed by atoms with Gasteiger partial charge in [-0.3, -0.25) is 9.59 Å². The fourth-order valence-corrected chi connectivity index (χ4v) is 4.77. The van der Waals surface area contributed by atoms with E-state index in [0.29, 0.717) is 17.7 Å². The lowest BCUT2D eigenvalue weighted by molar-refractivity contribution is -0.146. The third-order valence-electron chi connectivity index (χ3n) is 5.29. The molecule has 2 aliphatic carbocycles. The van der Waals surface area contributed by atoms with Gasteiger partial charge in [-0.2, -0.15) is 0 Å². The van der Waals surface area contributed by atoms with Crippen molar-refractivity contribution < 1.29 is 23.1 Å². The van der Waals surface area contributed by atoms with Gasteiger partial charge in [-0.05, 0) is 42.9 Å². The first-order valence-corrected chi connectivity index (χ1v) is 9.82. The molecule has 2 bridgehead atoms. The molecule has 3 rings (SSSR count). The van der Waals surface area contributed by atoms with Crippen LogP contribution in [0.15, 0.2) is 35.2 Å². The van der Waals surface area contributed by atoms with E-state index >= 15 is 0 Å². The molecular weight excluding hydrogens is 356 g/mol. The number of hydrogen-bond donors (Lipinski definition) is 2. The Bertz CT molecular complexity index is 891. The van der Waals surface area contributed by atoms with Gasteiger partial charge < -0.3 is 10.4 Å². The Balaban J connectivity index is 1.88. The van der Waals surface area contributed by atoms with E-state index in [9.17, 15) is 23.1 Å². The van der Waals surface area contributed by atoms with Crippen molar-refractivity contribution in [1.82, 2.24) is 4.31 Å². The molecule has 8 heteroatoms. The van der Waals surface area contributed by atoms with Crippen molar-refractivity contribution >= 4 is 27.6 Å². The van der Waals surface area contributed by atoms with Crippen LogP contribution in [0.5, 0.6) is 0 Å². The van der Waals surface area contributed by atoms with Crippen molar-refractivity contribution in [1.29, 1.82) is 0 Å². The van der Waals surface area contributed by atoms with Gasteiger partial charge in [0, 0.05) is 19.8 Å². The number of carboxylic acid groups (broad SMARTS) is 1. The molecule has 4 atom stereocenters. The highest BCUT2D eigenvalue weighted by Gasteiger charge is 2.51. The largest absolute Gasteiger partial charge is 0.481 e. The fourth-order valence-electron chi connectivity index (χ4n) is 3.84. The first-order chi connectivity index (χ1) is 12.1. The second-order valence-corrected chi connectivity index (χ2v) is 9.24. The highest BCUT2D eigenvalue weighted by atomic mass is 32.2. The average Bonchev–Trinajstić information content (AvgIpc) is 3.17. The lowest BCUT2D eigenvalue weighted by Crippen LogP contribution is -2.36. The SMILES string of the molecule is Cc1ccc(S(=O)(=O)N(C)C)cc1NC(=O)[C@@H]1[C@@H](C(=O)O)[C@H]2C=C[C@H]1C2. The number of nitrogens with zero attached hydrogens (tertiary/aromatic N) is 1. The Kier molecular flexibility index (Phi) is 4.66. The summed E-state index contributed by atoms with van der Waals surface area (Å²) in [6.07, 6.45) is 4.46. The fraction of sp³-hybridized carbons (Fsp3) is 0.444. The molecule has 0 aromatic heterocycles. The van der Waals surface area contributed by atoms with Gasteiger partial charge in [0.2, 0.25) is 15.9 Å². The minimum Gasteiger partial charge on any atom is -0.481 e. The third kappa shape index (κ3) is 3.03. The third-order valence-corrected chi connectivity index (χ3v) is 7.10. The van der Waals surface area contributed by atoms with Gasteiger partial charge >= 0.3 is 5.97 Å². The number of benzene rings is 1. The summed E-state index contributed by atoms with van der Waals surface area (Å²) in [6, 6.07) is 4.53. The van der Waals surface area contributed by atoms with Crippen LogP contribution in [0.4, 0.5) is 5.69 Å². The van der Waals surface area contributed by atoms with E-state index in [4.69, 9.17) is 0 Å². The van der Waals surface area contributed by atoms with Crippen molar-refractivity contribution in [3.05, 3.63) is 35.9 Å². The maximum absolute atomic E-state index is 12.8. The Morgan fingerprint density at radius 3 is 2.35 bits per heavy atom. The van der Waals surface area contributed by atoms with Crippen LogP contribution in [0, 0.1) is 30.6 Å². The van der Waals surface area contributed by atoms with Crippen LogP contribution in [0.25, 0.3) is 0 Å². The van der Waals surface area contributed by atoms with Crippen molar-refractivity contribution in [2.45, 2.75) is 18.2 Å². The smallest absolute Gasteiger partial charge is 0.307 e. The number of rotatable bonds is 5. The summed E-state index contributed by atoms with van der Waals surface area (Å²) in [6.45, 7) is 1.76. The van der Waals surface area contributed by atoms with Gasteiger partial charge in [-0.15, -0.1) is 0 Å². The first-order valence-electron chi connectivity index (χ1n) is 8.38. The topological polar surface area (TPSA) is 104 Å². The highest BCUT2D eigenvalue weighted by molar-refractivity contribution is 7.89. The quantitative estimate of drug-likeness (QED) is 0.759. The average molecular weight is 378 g/mol. The van der Waals surface area contributed by atoms with Gasteiger partial charge in [-0.1, -0.05) is 18.2 Å². The lowest BCUT2D eigenvalue weighted by Gasteiger charge is -2.24. The number of carboxylic acids is 1. The lowest BCUT2D eigenvalue weighted by atomic mass is 9.82. The molecule has 0 radical (unpaired) electrons. The molecule has 140 valence electrons. The number of hydrogen-bond acceptors (Lipinski definition) is 4. The molecule has 1 saturated carbocycles. The Morgan fingerprint density at radius 1 is 1.15 bits per heavy atom. The van der Waals surface area contributed by atoms with Crippen LogP contribution in [-0.4, -0.2) is 43.8 Å². The van der Waals surface area contributed by atoms with E-state index in [0.717, 1.165) is 4.31 Å². The number of aliphatic carboxylic acids is 1. The molecule has 1 fully saturated rings. The van der Waals surface area contributed by atoms with Crippen LogP contribution in [0.2, 0.25) is 0 Å². The number of nitrogens with one attached hydrogen (secondary N) is 1. The summed E-state index contributed by atoms with van der Waals surface area (Å²) in [7, 11) is -0.753.